The van der Waals surface area contributed by atoms with Crippen LogP contribution in [0, 0.1) is 0 Å². The van der Waals surface area contributed by atoms with Crippen molar-refractivity contribution in [2.24, 2.45) is 10.7 Å². The quantitative estimate of drug-likeness (QED) is 0.271. The molecule has 1 aliphatic rings. The van der Waals surface area contributed by atoms with E-state index in [0.717, 1.165) is 44.9 Å². The first-order valence-electron chi connectivity index (χ1n) is 9.89. The molecule has 1 saturated heterocycles. The highest BCUT2D eigenvalue weighted by Crippen LogP contribution is 2.24. The molecule has 0 aliphatic carbocycles. The minimum Gasteiger partial charge on any atom is -0.484 e. The molecule has 3 rings (SSSR count). The maximum atomic E-state index is 10.8. The van der Waals surface area contributed by atoms with E-state index in [1.165, 1.54) is 10.6 Å². The summed E-state index contributed by atoms with van der Waals surface area (Å²) in [5.74, 6) is 1.02. The van der Waals surface area contributed by atoms with E-state index >= 15 is 0 Å². The van der Waals surface area contributed by atoms with Gasteiger partial charge in [0.2, 0.25) is 0 Å². The van der Waals surface area contributed by atoms with E-state index in [2.05, 4.69) is 38.0 Å². The highest BCUT2D eigenvalue weighted by atomic mass is 127. The van der Waals surface area contributed by atoms with Gasteiger partial charge in [-0.05, 0) is 54.5 Å². The van der Waals surface area contributed by atoms with Gasteiger partial charge in [0, 0.05) is 32.7 Å². The summed E-state index contributed by atoms with van der Waals surface area (Å²) in [4.78, 5) is 17.6. The first-order chi connectivity index (χ1) is 14.1. The lowest BCUT2D eigenvalue weighted by atomic mass is 10.1. The van der Waals surface area contributed by atoms with E-state index < -0.39 is 5.91 Å². The van der Waals surface area contributed by atoms with E-state index in [0.29, 0.717) is 11.8 Å². The Morgan fingerprint density at radius 3 is 2.60 bits per heavy atom. The number of carbonyl (C=O) groups is 1. The Bertz CT molecular complexity index is 790. The molecule has 164 valence electrons. The Hall–Kier alpha value is -2.01. The summed E-state index contributed by atoms with van der Waals surface area (Å²) in [7, 11) is 1.81. The molecule has 1 amide bonds. The Labute approximate surface area is 199 Å². The lowest BCUT2D eigenvalue weighted by Crippen LogP contribution is -2.49. The van der Waals surface area contributed by atoms with Crippen molar-refractivity contribution in [1.29, 1.82) is 0 Å². The van der Waals surface area contributed by atoms with Gasteiger partial charge in [0.25, 0.3) is 5.91 Å². The first kappa shape index (κ1) is 24.3. The molecule has 0 saturated carbocycles. The van der Waals surface area contributed by atoms with Gasteiger partial charge in [0.15, 0.2) is 12.6 Å². The molecule has 0 unspecified atom stereocenters. The van der Waals surface area contributed by atoms with E-state index in [4.69, 9.17) is 10.5 Å². The summed E-state index contributed by atoms with van der Waals surface area (Å²) >= 11 is 1.80. The topological polar surface area (TPSA) is 92.0 Å². The summed E-state index contributed by atoms with van der Waals surface area (Å²) in [6.07, 6.45) is 3.07. The van der Waals surface area contributed by atoms with Gasteiger partial charge in [-0.25, -0.2) is 0 Å². The van der Waals surface area contributed by atoms with Gasteiger partial charge >= 0.3 is 0 Å². The molecule has 2 aromatic rings. The molecule has 0 radical (unpaired) electrons. The fourth-order valence-electron chi connectivity index (χ4n) is 3.31. The lowest BCUT2D eigenvalue weighted by Gasteiger charge is -2.33. The summed E-state index contributed by atoms with van der Waals surface area (Å²) < 4.78 is 5.28. The van der Waals surface area contributed by atoms with Gasteiger partial charge in [0.1, 0.15) is 5.75 Å². The van der Waals surface area contributed by atoms with Crippen LogP contribution >= 0.6 is 35.3 Å². The number of ether oxygens (including phenoxy) is 1. The van der Waals surface area contributed by atoms with E-state index in [1.54, 1.807) is 18.4 Å². The number of carbonyl (C=O) groups excluding carboxylic acids is 1. The second-order valence-electron chi connectivity index (χ2n) is 7.00. The fourth-order valence-corrected chi connectivity index (χ4v) is 4.10. The minimum atomic E-state index is -0.477. The van der Waals surface area contributed by atoms with Gasteiger partial charge in [0.05, 0.1) is 5.00 Å². The highest BCUT2D eigenvalue weighted by molar-refractivity contribution is 14.0. The number of anilines is 1. The second-order valence-corrected chi connectivity index (χ2v) is 7.93. The number of benzene rings is 1. The number of hydrogen-bond acceptors (Lipinski definition) is 5. The SMILES string of the molecule is CN=C(NCCc1ccc(OCC(N)=O)cc1)NC1CCN(c2cccs2)CC1.I. The molecule has 1 aromatic carbocycles. The van der Waals surface area contributed by atoms with Crippen molar-refractivity contribution in [3.8, 4) is 5.75 Å². The number of nitrogens with zero attached hydrogens (tertiary/aromatic N) is 2. The number of rotatable bonds is 8. The average Bonchev–Trinajstić information content (AvgIpc) is 3.28. The molecular weight excluding hydrogens is 513 g/mol. The Morgan fingerprint density at radius 1 is 1.27 bits per heavy atom. The zero-order valence-corrected chi connectivity index (χ0v) is 20.3. The van der Waals surface area contributed by atoms with Crippen LogP contribution in [-0.2, 0) is 11.2 Å². The summed E-state index contributed by atoms with van der Waals surface area (Å²) in [5.41, 5.74) is 6.27. The fraction of sp³-hybridized carbons (Fsp3) is 0.429. The molecule has 0 atom stereocenters. The lowest BCUT2D eigenvalue weighted by molar-refractivity contribution is -0.119. The number of hydrogen-bond donors (Lipinski definition) is 3. The van der Waals surface area contributed by atoms with Crippen molar-refractivity contribution in [2.45, 2.75) is 25.3 Å². The smallest absolute Gasteiger partial charge is 0.255 e. The van der Waals surface area contributed by atoms with Crippen molar-refractivity contribution in [1.82, 2.24) is 10.6 Å². The Morgan fingerprint density at radius 2 is 2.00 bits per heavy atom. The molecule has 0 spiro atoms. The van der Waals surface area contributed by atoms with Crippen molar-refractivity contribution in [3.05, 3.63) is 47.3 Å². The van der Waals surface area contributed by atoms with Gasteiger partial charge in [-0.15, -0.1) is 35.3 Å². The van der Waals surface area contributed by atoms with E-state index in [9.17, 15) is 4.79 Å². The second kappa shape index (κ2) is 12.6. The third-order valence-electron chi connectivity index (χ3n) is 4.89. The third-order valence-corrected chi connectivity index (χ3v) is 5.82. The molecule has 9 heteroatoms. The van der Waals surface area contributed by atoms with Crippen LogP contribution in [0.25, 0.3) is 0 Å². The van der Waals surface area contributed by atoms with Gasteiger partial charge in [-0.3, -0.25) is 9.79 Å². The number of nitrogens with one attached hydrogen (secondary N) is 2. The standard InChI is InChI=1S/C21H29N5O2S.HI/c1-23-21(25-17-9-12-26(13-10-17)20-3-2-14-29-20)24-11-8-16-4-6-18(7-5-16)28-15-19(22)27;/h2-7,14,17H,8-13,15H2,1H3,(H2,22,27)(H2,23,24,25);1H. The van der Waals surface area contributed by atoms with E-state index in [1.807, 2.05) is 24.3 Å². The number of nitrogens with two attached hydrogens (primary N) is 1. The normalized spacial score (nSPS) is 14.7. The van der Waals surface area contributed by atoms with Crippen LogP contribution in [0.2, 0.25) is 0 Å². The zero-order valence-electron chi connectivity index (χ0n) is 17.2. The summed E-state index contributed by atoms with van der Waals surface area (Å²) in [6.45, 7) is 2.82. The molecule has 4 N–H and O–H groups in total. The molecule has 0 bridgehead atoms. The minimum absolute atomic E-state index is 0. The van der Waals surface area contributed by atoms with Gasteiger partial charge in [-0.1, -0.05) is 12.1 Å². The van der Waals surface area contributed by atoms with Crippen molar-refractivity contribution >= 4 is 52.2 Å². The number of amides is 1. The molecule has 7 nitrogen and oxygen atoms in total. The van der Waals surface area contributed by atoms with E-state index in [-0.39, 0.29) is 30.6 Å². The number of halogens is 1. The highest BCUT2D eigenvalue weighted by Gasteiger charge is 2.20. The number of primary amides is 1. The number of guanidine groups is 1. The van der Waals surface area contributed by atoms with Crippen LogP contribution < -0.4 is 26.0 Å². The monoisotopic (exact) mass is 543 g/mol. The van der Waals surface area contributed by atoms with Gasteiger partial charge < -0.3 is 26.0 Å². The number of aliphatic imine (C=N–C) groups is 1. The van der Waals surface area contributed by atoms with Crippen molar-refractivity contribution < 1.29 is 9.53 Å². The van der Waals surface area contributed by atoms with Crippen LogP contribution in [0.15, 0.2) is 46.8 Å². The molecular formula is C21H30IN5O2S. The van der Waals surface area contributed by atoms with Crippen LogP contribution in [-0.4, -0.2) is 51.2 Å². The summed E-state index contributed by atoms with van der Waals surface area (Å²) in [6, 6.07) is 12.4. The molecule has 1 aliphatic heterocycles. The maximum absolute atomic E-state index is 10.8. The molecule has 30 heavy (non-hydrogen) atoms. The predicted molar refractivity (Wildman–Crippen MR) is 134 cm³/mol. The largest absolute Gasteiger partial charge is 0.484 e. The Kier molecular flexibility index (Phi) is 10.2. The average molecular weight is 543 g/mol. The Balaban J connectivity index is 0.00000320. The van der Waals surface area contributed by atoms with Crippen LogP contribution in [0.1, 0.15) is 18.4 Å². The van der Waals surface area contributed by atoms with Crippen LogP contribution in [0.5, 0.6) is 5.75 Å². The van der Waals surface area contributed by atoms with Crippen molar-refractivity contribution in [3.63, 3.8) is 0 Å². The van der Waals surface area contributed by atoms with Crippen molar-refractivity contribution in [2.75, 3.05) is 38.2 Å². The van der Waals surface area contributed by atoms with Crippen LogP contribution in [0.4, 0.5) is 5.00 Å². The summed E-state index contributed by atoms with van der Waals surface area (Å²) in [5, 5.41) is 10.4. The number of thiophene rings is 1. The van der Waals surface area contributed by atoms with Gasteiger partial charge in [-0.2, -0.15) is 0 Å². The van der Waals surface area contributed by atoms with Crippen LogP contribution in [0.3, 0.4) is 0 Å². The molecule has 1 aromatic heterocycles. The number of piperidine rings is 1. The maximum Gasteiger partial charge on any atom is 0.255 e. The molecule has 1 fully saturated rings. The zero-order chi connectivity index (χ0) is 20.5. The first-order valence-corrected chi connectivity index (χ1v) is 10.8. The third kappa shape index (κ3) is 7.67. The molecule has 2 heterocycles. The predicted octanol–water partition coefficient (Wildman–Crippen LogP) is 2.61.